The number of nitrogens with zero attached hydrogens (tertiary/aromatic N) is 2. The van der Waals surface area contributed by atoms with E-state index in [2.05, 4.69) is 20.8 Å². The topological polar surface area (TPSA) is 93.2 Å². The maximum atomic E-state index is 11.8. The van der Waals surface area contributed by atoms with E-state index < -0.39 is 17.2 Å². The number of anilines is 1. The van der Waals surface area contributed by atoms with Gasteiger partial charge in [0.25, 0.3) is 0 Å². The van der Waals surface area contributed by atoms with Gasteiger partial charge in [0, 0.05) is 12.0 Å². The zero-order chi connectivity index (χ0) is 15.4. The Morgan fingerprint density at radius 1 is 1.30 bits per heavy atom. The number of amides is 2. The van der Waals surface area contributed by atoms with Crippen LogP contribution in [0.15, 0.2) is 5.51 Å². The Hall–Kier alpha value is -1.70. The van der Waals surface area contributed by atoms with E-state index in [1.54, 1.807) is 34.6 Å². The number of aromatic nitrogens is 2. The standard InChI is InChI=1S/C12H20N4O3S/c1-11(2,3)19-10(18)15-12(4,5)6-8(17)14-9-16-13-7-20-9/h7H,6H2,1-5H3,(H,15,18)(H,14,16,17). The summed E-state index contributed by atoms with van der Waals surface area (Å²) in [4.78, 5) is 23.5. The lowest BCUT2D eigenvalue weighted by atomic mass is 10.0. The van der Waals surface area contributed by atoms with Gasteiger partial charge in [-0.25, -0.2) is 4.79 Å². The van der Waals surface area contributed by atoms with Gasteiger partial charge in [0.05, 0.1) is 0 Å². The molecular weight excluding hydrogens is 280 g/mol. The van der Waals surface area contributed by atoms with E-state index in [1.807, 2.05) is 0 Å². The lowest BCUT2D eigenvalue weighted by Gasteiger charge is -2.28. The molecule has 8 heteroatoms. The first-order valence-electron chi connectivity index (χ1n) is 6.15. The average Bonchev–Trinajstić information content (AvgIpc) is 2.63. The molecule has 0 aromatic carbocycles. The minimum atomic E-state index is -0.725. The minimum absolute atomic E-state index is 0.103. The summed E-state index contributed by atoms with van der Waals surface area (Å²) in [6.45, 7) is 8.83. The second kappa shape index (κ2) is 6.17. The van der Waals surface area contributed by atoms with Gasteiger partial charge in [-0.1, -0.05) is 11.3 Å². The summed E-state index contributed by atoms with van der Waals surface area (Å²) in [7, 11) is 0. The summed E-state index contributed by atoms with van der Waals surface area (Å²) in [5.74, 6) is -0.247. The van der Waals surface area contributed by atoms with Gasteiger partial charge < -0.3 is 15.4 Å². The third-order valence-corrected chi connectivity index (χ3v) is 2.65. The van der Waals surface area contributed by atoms with E-state index in [4.69, 9.17) is 4.74 Å². The monoisotopic (exact) mass is 300 g/mol. The van der Waals surface area contributed by atoms with Crippen molar-refractivity contribution >= 4 is 28.5 Å². The van der Waals surface area contributed by atoms with Gasteiger partial charge in [0.15, 0.2) is 0 Å². The third kappa shape index (κ3) is 6.46. The fourth-order valence-electron chi connectivity index (χ4n) is 1.42. The summed E-state index contributed by atoms with van der Waals surface area (Å²) >= 11 is 1.23. The molecule has 0 fully saturated rings. The highest BCUT2D eigenvalue weighted by Gasteiger charge is 2.27. The zero-order valence-corrected chi connectivity index (χ0v) is 13.1. The Morgan fingerprint density at radius 2 is 1.95 bits per heavy atom. The molecule has 0 radical (unpaired) electrons. The SMILES string of the molecule is CC(C)(CC(=O)Nc1nncs1)NC(=O)OC(C)(C)C. The van der Waals surface area contributed by atoms with Crippen LogP contribution in [0.2, 0.25) is 0 Å². The molecule has 20 heavy (non-hydrogen) atoms. The smallest absolute Gasteiger partial charge is 0.408 e. The second-order valence-corrected chi connectivity index (χ2v) is 6.81. The molecule has 0 saturated heterocycles. The normalized spacial score (nSPS) is 11.8. The number of carbonyl (C=O) groups excluding carboxylic acids is 2. The van der Waals surface area contributed by atoms with E-state index in [1.165, 1.54) is 16.8 Å². The van der Waals surface area contributed by atoms with Crippen molar-refractivity contribution in [3.8, 4) is 0 Å². The van der Waals surface area contributed by atoms with Crippen LogP contribution < -0.4 is 10.6 Å². The van der Waals surface area contributed by atoms with Gasteiger partial charge in [-0.05, 0) is 34.6 Å². The van der Waals surface area contributed by atoms with Gasteiger partial charge in [0.1, 0.15) is 11.1 Å². The van der Waals surface area contributed by atoms with Crippen LogP contribution in [0.4, 0.5) is 9.93 Å². The molecule has 0 aliphatic rings. The molecular formula is C12H20N4O3S. The average molecular weight is 300 g/mol. The Labute approximate surface area is 122 Å². The van der Waals surface area contributed by atoms with Crippen LogP contribution in [0.5, 0.6) is 0 Å². The Balaban J connectivity index is 2.48. The van der Waals surface area contributed by atoms with E-state index in [-0.39, 0.29) is 12.3 Å². The van der Waals surface area contributed by atoms with E-state index in [0.29, 0.717) is 5.13 Å². The summed E-state index contributed by atoms with van der Waals surface area (Å²) in [5.41, 5.74) is 0.228. The lowest BCUT2D eigenvalue weighted by Crippen LogP contribution is -2.47. The Bertz CT molecular complexity index is 466. The van der Waals surface area contributed by atoms with Crippen LogP contribution in [0, 0.1) is 0 Å². The number of carbonyl (C=O) groups is 2. The molecule has 0 aliphatic heterocycles. The van der Waals surface area contributed by atoms with Gasteiger partial charge >= 0.3 is 6.09 Å². The first kappa shape index (κ1) is 16.4. The molecule has 0 spiro atoms. The van der Waals surface area contributed by atoms with Crippen LogP contribution >= 0.6 is 11.3 Å². The Morgan fingerprint density at radius 3 is 2.45 bits per heavy atom. The Kier molecular flexibility index (Phi) is 5.04. The van der Waals surface area contributed by atoms with Crippen LogP contribution in [0.1, 0.15) is 41.0 Å². The maximum absolute atomic E-state index is 11.8. The fourth-order valence-corrected chi connectivity index (χ4v) is 1.88. The van der Waals surface area contributed by atoms with Crippen LogP contribution in [-0.4, -0.2) is 33.3 Å². The van der Waals surface area contributed by atoms with Crippen LogP contribution in [0.25, 0.3) is 0 Å². The van der Waals surface area contributed by atoms with Gasteiger partial charge in [-0.15, -0.1) is 10.2 Å². The number of hydrogen-bond donors (Lipinski definition) is 2. The van der Waals surface area contributed by atoms with Gasteiger partial charge in [-0.2, -0.15) is 0 Å². The quantitative estimate of drug-likeness (QED) is 0.889. The molecule has 112 valence electrons. The van der Waals surface area contributed by atoms with Crippen molar-refractivity contribution in [2.45, 2.75) is 52.2 Å². The molecule has 2 amide bonds. The summed E-state index contributed by atoms with van der Waals surface area (Å²) < 4.78 is 5.16. The number of nitrogens with one attached hydrogen (secondary N) is 2. The van der Waals surface area contributed by atoms with Gasteiger partial charge in [-0.3, -0.25) is 4.79 Å². The predicted molar refractivity (Wildman–Crippen MR) is 76.6 cm³/mol. The van der Waals surface area contributed by atoms with E-state index in [0.717, 1.165) is 0 Å². The third-order valence-electron chi connectivity index (χ3n) is 2.05. The van der Waals surface area contributed by atoms with E-state index >= 15 is 0 Å². The molecule has 2 N–H and O–H groups in total. The number of hydrogen-bond acceptors (Lipinski definition) is 6. The highest BCUT2D eigenvalue weighted by Crippen LogP contribution is 2.14. The maximum Gasteiger partial charge on any atom is 0.408 e. The molecule has 1 aromatic heterocycles. The molecule has 1 heterocycles. The summed E-state index contributed by atoms with van der Waals surface area (Å²) in [6, 6.07) is 0. The molecule has 0 unspecified atom stereocenters. The van der Waals surface area contributed by atoms with Crippen molar-refractivity contribution in [1.29, 1.82) is 0 Å². The molecule has 7 nitrogen and oxygen atoms in total. The highest BCUT2D eigenvalue weighted by molar-refractivity contribution is 7.13. The van der Waals surface area contributed by atoms with E-state index in [9.17, 15) is 9.59 Å². The van der Waals surface area contributed by atoms with Crippen molar-refractivity contribution in [3.63, 3.8) is 0 Å². The fraction of sp³-hybridized carbons (Fsp3) is 0.667. The molecule has 0 bridgehead atoms. The van der Waals surface area contributed by atoms with Crippen molar-refractivity contribution in [2.24, 2.45) is 0 Å². The zero-order valence-electron chi connectivity index (χ0n) is 12.3. The predicted octanol–water partition coefficient (Wildman–Crippen LogP) is 2.17. The number of rotatable bonds is 4. The molecule has 0 aliphatic carbocycles. The van der Waals surface area contributed by atoms with Crippen molar-refractivity contribution in [3.05, 3.63) is 5.51 Å². The van der Waals surface area contributed by atoms with Crippen molar-refractivity contribution in [1.82, 2.24) is 15.5 Å². The summed E-state index contributed by atoms with van der Waals surface area (Å²) in [6.07, 6.45) is -0.447. The second-order valence-electron chi connectivity index (χ2n) is 5.98. The lowest BCUT2D eigenvalue weighted by molar-refractivity contribution is -0.117. The molecule has 1 rings (SSSR count). The molecule has 0 saturated carbocycles. The largest absolute Gasteiger partial charge is 0.444 e. The summed E-state index contributed by atoms with van der Waals surface area (Å²) in [5, 5.41) is 13.1. The van der Waals surface area contributed by atoms with Crippen molar-refractivity contribution in [2.75, 3.05) is 5.32 Å². The first-order chi connectivity index (χ1) is 9.07. The minimum Gasteiger partial charge on any atom is -0.444 e. The van der Waals surface area contributed by atoms with Crippen LogP contribution in [0.3, 0.4) is 0 Å². The number of alkyl carbamates (subject to hydrolysis) is 1. The highest BCUT2D eigenvalue weighted by atomic mass is 32.1. The molecule has 0 atom stereocenters. The van der Waals surface area contributed by atoms with Crippen LogP contribution in [-0.2, 0) is 9.53 Å². The molecule has 1 aromatic rings. The number of ether oxygens (including phenoxy) is 1. The van der Waals surface area contributed by atoms with Crippen molar-refractivity contribution < 1.29 is 14.3 Å². The van der Waals surface area contributed by atoms with Gasteiger partial charge in [0.2, 0.25) is 11.0 Å². The first-order valence-corrected chi connectivity index (χ1v) is 7.02.